The van der Waals surface area contributed by atoms with Crippen molar-refractivity contribution in [2.75, 3.05) is 0 Å². The zero-order valence-corrected chi connectivity index (χ0v) is 13.7. The van der Waals surface area contributed by atoms with E-state index in [4.69, 9.17) is 5.73 Å². The first-order chi connectivity index (χ1) is 9.74. The van der Waals surface area contributed by atoms with E-state index >= 15 is 0 Å². The van der Waals surface area contributed by atoms with Gasteiger partial charge in [-0.3, -0.25) is 4.79 Å². The highest BCUT2D eigenvalue weighted by Gasteiger charge is 2.29. The Morgan fingerprint density at radius 1 is 1.29 bits per heavy atom. The van der Waals surface area contributed by atoms with E-state index < -0.39 is 22.0 Å². The average molecular weight is 326 g/mol. The van der Waals surface area contributed by atoms with Crippen molar-refractivity contribution in [2.24, 2.45) is 11.7 Å². The van der Waals surface area contributed by atoms with Gasteiger partial charge in [0.1, 0.15) is 10.9 Å². The Morgan fingerprint density at radius 3 is 2.48 bits per heavy atom. The number of fused-ring (bicyclic) bond motifs is 1. The molecule has 1 aromatic heterocycles. The Bertz CT molecular complexity index is 779. The lowest BCUT2D eigenvalue weighted by molar-refractivity contribution is -0.120. The van der Waals surface area contributed by atoms with Gasteiger partial charge in [-0.15, -0.1) is 11.3 Å². The number of sulfonamides is 1. The number of hydrogen-bond donors (Lipinski definition) is 2. The molecule has 0 radical (unpaired) electrons. The highest BCUT2D eigenvalue weighted by Crippen LogP contribution is 2.34. The van der Waals surface area contributed by atoms with Crippen molar-refractivity contribution in [3.05, 3.63) is 29.1 Å². The Labute approximate surface area is 128 Å². The maximum atomic E-state index is 12.6. The predicted molar refractivity (Wildman–Crippen MR) is 84.7 cm³/mol. The first-order valence-corrected chi connectivity index (χ1v) is 8.84. The van der Waals surface area contributed by atoms with Gasteiger partial charge in [0.05, 0.1) is 0 Å². The average Bonchev–Trinajstić information content (AvgIpc) is 2.71. The van der Waals surface area contributed by atoms with Crippen LogP contribution in [0.15, 0.2) is 29.2 Å². The molecule has 0 aliphatic carbocycles. The van der Waals surface area contributed by atoms with Crippen LogP contribution in [0.5, 0.6) is 0 Å². The molecule has 1 heterocycles. The minimum Gasteiger partial charge on any atom is -0.368 e. The molecule has 1 atom stereocenters. The van der Waals surface area contributed by atoms with E-state index in [2.05, 4.69) is 4.72 Å². The lowest BCUT2D eigenvalue weighted by Gasteiger charge is -2.19. The number of rotatable bonds is 5. The second-order valence-electron chi connectivity index (χ2n) is 5.23. The number of nitrogens with one attached hydrogen (secondary N) is 1. The number of nitrogens with two attached hydrogens (primary N) is 1. The summed E-state index contributed by atoms with van der Waals surface area (Å²) >= 11 is 1.41. The Hall–Kier alpha value is -1.44. The maximum absolute atomic E-state index is 12.6. The fourth-order valence-corrected chi connectivity index (χ4v) is 5.39. The number of aryl methyl sites for hydroxylation is 1. The molecule has 0 saturated carbocycles. The molecule has 7 heteroatoms. The van der Waals surface area contributed by atoms with Crippen LogP contribution in [0.3, 0.4) is 0 Å². The molecule has 0 aliphatic rings. The second kappa shape index (κ2) is 5.75. The van der Waals surface area contributed by atoms with Crippen molar-refractivity contribution >= 4 is 37.4 Å². The summed E-state index contributed by atoms with van der Waals surface area (Å²) in [6, 6.07) is 6.37. The molecule has 21 heavy (non-hydrogen) atoms. The summed E-state index contributed by atoms with van der Waals surface area (Å²) in [5.41, 5.74) is 5.29. The third kappa shape index (κ3) is 3.09. The zero-order valence-electron chi connectivity index (χ0n) is 12.1. The van der Waals surface area contributed by atoms with Crippen molar-refractivity contribution in [1.82, 2.24) is 4.72 Å². The van der Waals surface area contributed by atoms with Gasteiger partial charge >= 0.3 is 0 Å². The van der Waals surface area contributed by atoms with Gasteiger partial charge in [-0.05, 0) is 18.9 Å². The van der Waals surface area contributed by atoms with Crippen LogP contribution in [-0.2, 0) is 14.8 Å². The van der Waals surface area contributed by atoms with Crippen molar-refractivity contribution in [3.8, 4) is 0 Å². The topological polar surface area (TPSA) is 89.3 Å². The third-order valence-electron chi connectivity index (χ3n) is 3.24. The molecule has 3 N–H and O–H groups in total. The summed E-state index contributed by atoms with van der Waals surface area (Å²) in [5.74, 6) is -0.895. The molecule has 2 rings (SSSR count). The van der Waals surface area contributed by atoms with Gasteiger partial charge in [0.2, 0.25) is 15.9 Å². The van der Waals surface area contributed by atoms with Crippen LogP contribution in [0, 0.1) is 12.8 Å². The normalized spacial score (nSPS) is 13.7. The number of carbonyl (C=O) groups is 1. The van der Waals surface area contributed by atoms with Crippen LogP contribution in [-0.4, -0.2) is 20.4 Å². The Kier molecular flexibility index (Phi) is 4.36. The molecule has 114 valence electrons. The van der Waals surface area contributed by atoms with E-state index in [1.807, 2.05) is 12.1 Å². The summed E-state index contributed by atoms with van der Waals surface area (Å²) in [6.45, 7) is 5.25. The van der Waals surface area contributed by atoms with Gasteiger partial charge in [-0.1, -0.05) is 32.0 Å². The number of thiophene rings is 1. The molecule has 0 saturated heterocycles. The highest BCUT2D eigenvalue weighted by atomic mass is 32.2. The van der Waals surface area contributed by atoms with E-state index in [1.165, 1.54) is 11.3 Å². The van der Waals surface area contributed by atoms with Crippen LogP contribution >= 0.6 is 11.3 Å². The monoisotopic (exact) mass is 326 g/mol. The summed E-state index contributed by atoms with van der Waals surface area (Å²) in [6.07, 6.45) is 0. The van der Waals surface area contributed by atoms with Crippen molar-refractivity contribution in [3.63, 3.8) is 0 Å². The summed E-state index contributed by atoms with van der Waals surface area (Å²) in [5, 5.41) is 0.666. The molecule has 0 spiro atoms. The van der Waals surface area contributed by atoms with E-state index in [0.29, 0.717) is 10.3 Å². The molecule has 0 bridgehead atoms. The van der Waals surface area contributed by atoms with E-state index in [-0.39, 0.29) is 10.8 Å². The molecular formula is C14H18N2O3S2. The quantitative estimate of drug-likeness (QED) is 0.880. The lowest BCUT2D eigenvalue weighted by atomic mass is 10.1. The molecule has 1 aromatic carbocycles. The van der Waals surface area contributed by atoms with E-state index in [0.717, 1.165) is 4.70 Å². The second-order valence-corrected chi connectivity index (χ2v) is 8.14. The smallest absolute Gasteiger partial charge is 0.243 e. The van der Waals surface area contributed by atoms with Crippen LogP contribution < -0.4 is 10.5 Å². The van der Waals surface area contributed by atoms with Crippen molar-refractivity contribution in [2.45, 2.75) is 31.7 Å². The summed E-state index contributed by atoms with van der Waals surface area (Å²) < 4.78 is 28.6. The number of carbonyl (C=O) groups excluding carboxylic acids is 1. The first-order valence-electron chi connectivity index (χ1n) is 6.54. The first kappa shape index (κ1) is 15.9. The van der Waals surface area contributed by atoms with Crippen LogP contribution in [0.25, 0.3) is 10.1 Å². The molecule has 0 aliphatic heterocycles. The molecule has 0 fully saturated rings. The fraction of sp³-hybridized carbons (Fsp3) is 0.357. The molecular weight excluding hydrogens is 308 g/mol. The maximum Gasteiger partial charge on any atom is 0.243 e. The number of benzene rings is 1. The number of amides is 1. The molecule has 0 unspecified atom stereocenters. The fourth-order valence-electron chi connectivity index (χ4n) is 2.23. The molecule has 1 amide bonds. The van der Waals surface area contributed by atoms with Gasteiger partial charge in [0.15, 0.2) is 0 Å². The highest BCUT2D eigenvalue weighted by molar-refractivity contribution is 7.90. The summed E-state index contributed by atoms with van der Waals surface area (Å²) in [7, 11) is -3.80. The predicted octanol–water partition coefficient (Wildman–Crippen LogP) is 2.00. The van der Waals surface area contributed by atoms with Crippen LogP contribution in [0.1, 0.15) is 18.7 Å². The van der Waals surface area contributed by atoms with Gasteiger partial charge in [0, 0.05) is 15.0 Å². The SMILES string of the molecule is Cc1sc2ccccc2c1S(=O)(=O)N[C@H](C(N)=O)C(C)C. The Balaban J connectivity index is 2.52. The van der Waals surface area contributed by atoms with Crippen molar-refractivity contribution in [1.29, 1.82) is 0 Å². The van der Waals surface area contributed by atoms with Gasteiger partial charge in [-0.25, -0.2) is 8.42 Å². The van der Waals surface area contributed by atoms with Crippen LogP contribution in [0.4, 0.5) is 0 Å². The van der Waals surface area contributed by atoms with Gasteiger partial charge in [0.25, 0.3) is 0 Å². The zero-order chi connectivity index (χ0) is 15.8. The lowest BCUT2D eigenvalue weighted by Crippen LogP contribution is -2.47. The third-order valence-corrected chi connectivity index (χ3v) is 6.08. The van der Waals surface area contributed by atoms with Crippen molar-refractivity contribution < 1.29 is 13.2 Å². The number of hydrogen-bond acceptors (Lipinski definition) is 4. The minimum atomic E-state index is -3.80. The van der Waals surface area contributed by atoms with E-state index in [1.54, 1.807) is 32.9 Å². The van der Waals surface area contributed by atoms with Gasteiger partial charge in [-0.2, -0.15) is 4.72 Å². The number of primary amides is 1. The van der Waals surface area contributed by atoms with Crippen LogP contribution in [0.2, 0.25) is 0 Å². The summed E-state index contributed by atoms with van der Waals surface area (Å²) in [4.78, 5) is 12.4. The largest absolute Gasteiger partial charge is 0.368 e. The standard InChI is InChI=1S/C14H18N2O3S2/c1-8(2)12(14(15)17)16-21(18,19)13-9(3)20-11-7-5-4-6-10(11)13/h4-8,12,16H,1-3H3,(H2,15,17)/t12-/m0/s1. The minimum absolute atomic E-state index is 0.220. The van der Waals surface area contributed by atoms with Gasteiger partial charge < -0.3 is 5.73 Å². The Morgan fingerprint density at radius 2 is 1.90 bits per heavy atom. The molecule has 2 aromatic rings. The van der Waals surface area contributed by atoms with E-state index in [9.17, 15) is 13.2 Å². The molecule has 5 nitrogen and oxygen atoms in total.